The van der Waals surface area contributed by atoms with Crippen LogP contribution in [0.1, 0.15) is 21.5 Å². The van der Waals surface area contributed by atoms with Gasteiger partial charge >= 0.3 is 6.18 Å². The van der Waals surface area contributed by atoms with E-state index in [2.05, 4.69) is 0 Å². The molecule has 2 aromatic rings. The lowest BCUT2D eigenvalue weighted by Gasteiger charge is -2.12. The summed E-state index contributed by atoms with van der Waals surface area (Å²) in [6.45, 7) is 0. The number of alkyl halides is 3. The number of rotatable bonds is 3. The largest absolute Gasteiger partial charge is 0.508 e. The zero-order valence-electron chi connectivity index (χ0n) is 10.6. The third kappa shape index (κ3) is 3.59. The van der Waals surface area contributed by atoms with Crippen LogP contribution in [0, 0.1) is 5.82 Å². The fraction of sp³-hybridized carbons (Fsp3) is 0.133. The second-order valence-electron chi connectivity index (χ2n) is 4.46. The summed E-state index contributed by atoms with van der Waals surface area (Å²) in [5.41, 5.74) is -1.54. The van der Waals surface area contributed by atoms with Gasteiger partial charge in [-0.25, -0.2) is 4.39 Å². The van der Waals surface area contributed by atoms with Gasteiger partial charge in [0.15, 0.2) is 5.78 Å². The standard InChI is InChI=1S/C15H10F4O2/c16-10-4-5-13(15(17,18)19)12(8-10)14(21)7-9-2-1-3-11(20)6-9/h1-6,8,20H,7H2. The van der Waals surface area contributed by atoms with E-state index < -0.39 is 28.9 Å². The Morgan fingerprint density at radius 1 is 1.10 bits per heavy atom. The maximum Gasteiger partial charge on any atom is 0.417 e. The maximum atomic E-state index is 13.1. The number of aromatic hydroxyl groups is 1. The topological polar surface area (TPSA) is 37.3 Å². The number of carbonyl (C=O) groups excluding carboxylic acids is 1. The van der Waals surface area contributed by atoms with Gasteiger partial charge < -0.3 is 5.11 Å². The molecule has 0 fully saturated rings. The molecule has 1 N–H and O–H groups in total. The Morgan fingerprint density at radius 3 is 2.43 bits per heavy atom. The van der Waals surface area contributed by atoms with Crippen molar-refractivity contribution in [1.82, 2.24) is 0 Å². The van der Waals surface area contributed by atoms with E-state index in [9.17, 15) is 27.5 Å². The molecule has 0 saturated carbocycles. The summed E-state index contributed by atoms with van der Waals surface area (Å²) in [7, 11) is 0. The maximum absolute atomic E-state index is 13.1. The highest BCUT2D eigenvalue weighted by molar-refractivity contribution is 5.99. The van der Waals surface area contributed by atoms with Crippen LogP contribution in [0.2, 0.25) is 0 Å². The molecule has 0 aliphatic rings. The van der Waals surface area contributed by atoms with Gasteiger partial charge in [-0.1, -0.05) is 12.1 Å². The molecule has 0 radical (unpaired) electrons. The smallest absolute Gasteiger partial charge is 0.417 e. The number of phenols is 1. The molecule has 0 atom stereocenters. The zero-order chi connectivity index (χ0) is 15.6. The minimum absolute atomic E-state index is 0.101. The van der Waals surface area contributed by atoms with Crippen molar-refractivity contribution in [3.8, 4) is 5.75 Å². The van der Waals surface area contributed by atoms with Crippen LogP contribution < -0.4 is 0 Å². The third-order valence-corrected chi connectivity index (χ3v) is 2.86. The summed E-state index contributed by atoms with van der Waals surface area (Å²) in [5.74, 6) is -1.88. The Kier molecular flexibility index (Phi) is 3.97. The van der Waals surface area contributed by atoms with Gasteiger partial charge in [-0.2, -0.15) is 13.2 Å². The minimum atomic E-state index is -4.74. The van der Waals surface area contributed by atoms with Crippen molar-refractivity contribution in [3.05, 3.63) is 65.0 Å². The second-order valence-corrected chi connectivity index (χ2v) is 4.46. The van der Waals surface area contributed by atoms with Crippen molar-refractivity contribution in [2.24, 2.45) is 0 Å². The number of benzene rings is 2. The monoisotopic (exact) mass is 298 g/mol. The molecule has 0 aliphatic carbocycles. The van der Waals surface area contributed by atoms with Gasteiger partial charge in [0.05, 0.1) is 5.56 Å². The highest BCUT2D eigenvalue weighted by Crippen LogP contribution is 2.33. The van der Waals surface area contributed by atoms with Crippen LogP contribution in [0.15, 0.2) is 42.5 Å². The lowest BCUT2D eigenvalue weighted by Crippen LogP contribution is -2.15. The molecule has 0 amide bonds. The van der Waals surface area contributed by atoms with Gasteiger partial charge in [0.25, 0.3) is 0 Å². The van der Waals surface area contributed by atoms with Crippen molar-refractivity contribution >= 4 is 5.78 Å². The van der Waals surface area contributed by atoms with Gasteiger partial charge in [0, 0.05) is 12.0 Å². The van der Waals surface area contributed by atoms with Crippen molar-refractivity contribution < 1.29 is 27.5 Å². The molecule has 0 heterocycles. The average Bonchev–Trinajstić information content (AvgIpc) is 2.37. The molecule has 2 rings (SSSR count). The third-order valence-electron chi connectivity index (χ3n) is 2.86. The van der Waals surface area contributed by atoms with Crippen molar-refractivity contribution in [1.29, 1.82) is 0 Å². The predicted octanol–water partition coefficient (Wildman–Crippen LogP) is 3.98. The molecule has 0 unspecified atom stereocenters. The number of hydrogen-bond donors (Lipinski definition) is 1. The Hall–Kier alpha value is -2.37. The Balaban J connectivity index is 2.37. The van der Waals surface area contributed by atoms with E-state index in [1.54, 1.807) is 0 Å². The Bertz CT molecular complexity index is 678. The number of carbonyl (C=O) groups is 1. The summed E-state index contributed by atoms with van der Waals surface area (Å²) in [6.07, 6.45) is -5.10. The van der Waals surface area contributed by atoms with Gasteiger partial charge in [-0.3, -0.25) is 4.79 Å². The van der Waals surface area contributed by atoms with Crippen LogP contribution >= 0.6 is 0 Å². The highest BCUT2D eigenvalue weighted by atomic mass is 19.4. The number of halogens is 4. The summed E-state index contributed by atoms with van der Waals surface area (Å²) < 4.78 is 51.6. The summed E-state index contributed by atoms with van der Waals surface area (Å²) in [6, 6.07) is 7.38. The summed E-state index contributed by atoms with van der Waals surface area (Å²) in [4.78, 5) is 12.0. The molecule has 0 bridgehead atoms. The fourth-order valence-electron chi connectivity index (χ4n) is 1.94. The normalized spacial score (nSPS) is 11.4. The average molecular weight is 298 g/mol. The molecule has 110 valence electrons. The van der Waals surface area contributed by atoms with E-state index in [4.69, 9.17) is 0 Å². The molecule has 0 spiro atoms. The first-order valence-electron chi connectivity index (χ1n) is 5.95. The van der Waals surface area contributed by atoms with Crippen molar-refractivity contribution in [2.45, 2.75) is 12.6 Å². The molecular weight excluding hydrogens is 288 g/mol. The van der Waals surface area contributed by atoms with E-state index in [1.165, 1.54) is 24.3 Å². The molecule has 2 aromatic carbocycles. The molecule has 6 heteroatoms. The molecular formula is C15H10F4O2. The number of Topliss-reactive ketones (excluding diaryl/α,β-unsaturated/α-hetero) is 1. The van der Waals surface area contributed by atoms with Crippen LogP contribution in [0.5, 0.6) is 5.75 Å². The first kappa shape index (κ1) is 15.0. The van der Waals surface area contributed by atoms with E-state index in [0.717, 1.165) is 0 Å². The number of phenolic OH excluding ortho intramolecular Hbond substituents is 1. The highest BCUT2D eigenvalue weighted by Gasteiger charge is 2.35. The minimum Gasteiger partial charge on any atom is -0.508 e. The first-order valence-corrected chi connectivity index (χ1v) is 5.95. The Labute approximate surface area is 117 Å². The van der Waals surface area contributed by atoms with Crippen LogP contribution in [-0.2, 0) is 12.6 Å². The van der Waals surface area contributed by atoms with E-state index in [-0.39, 0.29) is 12.2 Å². The van der Waals surface area contributed by atoms with E-state index in [1.807, 2.05) is 0 Å². The lowest BCUT2D eigenvalue weighted by molar-refractivity contribution is -0.137. The Morgan fingerprint density at radius 2 is 1.81 bits per heavy atom. The van der Waals surface area contributed by atoms with Gasteiger partial charge in [0.1, 0.15) is 11.6 Å². The predicted molar refractivity (Wildman–Crippen MR) is 67.5 cm³/mol. The first-order chi connectivity index (χ1) is 9.77. The van der Waals surface area contributed by atoms with E-state index in [0.29, 0.717) is 23.8 Å². The summed E-state index contributed by atoms with van der Waals surface area (Å²) >= 11 is 0. The lowest BCUT2D eigenvalue weighted by atomic mass is 9.98. The zero-order valence-corrected chi connectivity index (χ0v) is 10.6. The molecule has 21 heavy (non-hydrogen) atoms. The van der Waals surface area contributed by atoms with Crippen LogP contribution in [0.3, 0.4) is 0 Å². The van der Waals surface area contributed by atoms with Crippen LogP contribution in [0.4, 0.5) is 17.6 Å². The molecule has 0 saturated heterocycles. The van der Waals surface area contributed by atoms with Gasteiger partial charge in [0.2, 0.25) is 0 Å². The SMILES string of the molecule is O=C(Cc1cccc(O)c1)c1cc(F)ccc1C(F)(F)F. The van der Waals surface area contributed by atoms with Crippen LogP contribution in [0.25, 0.3) is 0 Å². The van der Waals surface area contributed by atoms with Gasteiger partial charge in [-0.05, 0) is 35.9 Å². The fourth-order valence-corrected chi connectivity index (χ4v) is 1.94. The van der Waals surface area contributed by atoms with Gasteiger partial charge in [-0.15, -0.1) is 0 Å². The molecule has 0 aromatic heterocycles. The molecule has 0 aliphatic heterocycles. The second kappa shape index (κ2) is 5.55. The van der Waals surface area contributed by atoms with Crippen molar-refractivity contribution in [3.63, 3.8) is 0 Å². The van der Waals surface area contributed by atoms with Crippen LogP contribution in [-0.4, -0.2) is 10.9 Å². The van der Waals surface area contributed by atoms with E-state index >= 15 is 0 Å². The summed E-state index contributed by atoms with van der Waals surface area (Å²) in [5, 5.41) is 9.27. The number of ketones is 1. The number of hydrogen-bond acceptors (Lipinski definition) is 2. The molecule has 2 nitrogen and oxygen atoms in total. The quantitative estimate of drug-likeness (QED) is 0.687. The van der Waals surface area contributed by atoms with Crippen molar-refractivity contribution in [2.75, 3.05) is 0 Å².